The highest BCUT2D eigenvalue weighted by Crippen LogP contribution is 1.89. The van der Waals surface area contributed by atoms with Crippen LogP contribution in [-0.2, 0) is 9.59 Å². The Morgan fingerprint density at radius 2 is 1.93 bits per heavy atom. The number of nitrogens with zero attached hydrogens (tertiary/aromatic N) is 1. The normalized spacial score (nSPS) is 9.13. The summed E-state index contributed by atoms with van der Waals surface area (Å²) in [5, 5.41) is 11.2. The maximum atomic E-state index is 11.2. The van der Waals surface area contributed by atoms with Crippen molar-refractivity contribution in [3.05, 3.63) is 25.3 Å². The lowest BCUT2D eigenvalue weighted by Gasteiger charge is -2.19. The van der Waals surface area contributed by atoms with Crippen LogP contribution in [0.25, 0.3) is 0 Å². The molecule has 0 aliphatic carbocycles. The molecule has 5 nitrogen and oxygen atoms in total. The summed E-state index contributed by atoms with van der Waals surface area (Å²) in [4.78, 5) is 23.4. The first-order valence-corrected chi connectivity index (χ1v) is 4.58. The molecule has 15 heavy (non-hydrogen) atoms. The molecule has 0 spiro atoms. The quantitative estimate of drug-likeness (QED) is 0.548. The van der Waals surface area contributed by atoms with Crippen molar-refractivity contribution in [2.45, 2.75) is 0 Å². The van der Waals surface area contributed by atoms with Gasteiger partial charge < -0.3 is 15.3 Å². The molecule has 2 N–H and O–H groups in total. The van der Waals surface area contributed by atoms with Gasteiger partial charge in [-0.3, -0.25) is 9.59 Å². The first-order valence-electron chi connectivity index (χ1n) is 4.58. The summed E-state index contributed by atoms with van der Waals surface area (Å²) in [6.07, 6.45) is 2.33. The molecule has 0 aliphatic rings. The van der Waals surface area contributed by atoms with Crippen LogP contribution in [0.1, 0.15) is 0 Å². The van der Waals surface area contributed by atoms with E-state index in [1.165, 1.54) is 11.0 Å². The van der Waals surface area contributed by atoms with E-state index in [-0.39, 0.29) is 25.0 Å². The van der Waals surface area contributed by atoms with E-state index in [0.29, 0.717) is 13.1 Å². The number of aliphatic hydroxyl groups excluding tert-OH is 1. The van der Waals surface area contributed by atoms with Crippen LogP contribution in [0.15, 0.2) is 25.3 Å². The van der Waals surface area contributed by atoms with Gasteiger partial charge in [0.25, 0.3) is 0 Å². The molecule has 0 aromatic heterocycles. The Bertz CT molecular complexity index is 251. The Kier molecular flexibility index (Phi) is 6.92. The molecule has 0 saturated carbocycles. The predicted molar refractivity (Wildman–Crippen MR) is 57.1 cm³/mol. The summed E-state index contributed by atoms with van der Waals surface area (Å²) >= 11 is 0. The van der Waals surface area contributed by atoms with Crippen molar-refractivity contribution in [2.75, 3.05) is 26.2 Å². The zero-order valence-electron chi connectivity index (χ0n) is 8.61. The van der Waals surface area contributed by atoms with Gasteiger partial charge in [0.2, 0.25) is 11.8 Å². The molecule has 0 fully saturated rings. The standard InChI is InChI=1S/C10H16N2O3/c1-3-9(14)11-5-6-12(7-8-13)10(15)4-2/h3-4,13H,1-2,5-8H2,(H,11,14). The lowest BCUT2D eigenvalue weighted by Crippen LogP contribution is -2.38. The molecule has 0 aromatic carbocycles. The van der Waals surface area contributed by atoms with Crippen molar-refractivity contribution in [1.29, 1.82) is 0 Å². The maximum Gasteiger partial charge on any atom is 0.246 e. The monoisotopic (exact) mass is 212 g/mol. The fraction of sp³-hybridized carbons (Fsp3) is 0.400. The van der Waals surface area contributed by atoms with E-state index in [0.717, 1.165) is 6.08 Å². The zero-order valence-corrected chi connectivity index (χ0v) is 8.61. The van der Waals surface area contributed by atoms with Crippen molar-refractivity contribution in [3.63, 3.8) is 0 Å². The highest BCUT2D eigenvalue weighted by atomic mass is 16.3. The minimum atomic E-state index is -0.287. The maximum absolute atomic E-state index is 11.2. The number of hydrogen-bond donors (Lipinski definition) is 2. The van der Waals surface area contributed by atoms with Gasteiger partial charge in [-0.15, -0.1) is 0 Å². The fourth-order valence-electron chi connectivity index (χ4n) is 0.968. The summed E-state index contributed by atoms with van der Waals surface area (Å²) in [7, 11) is 0. The highest BCUT2D eigenvalue weighted by Gasteiger charge is 2.08. The second-order valence-electron chi connectivity index (χ2n) is 2.75. The molecule has 84 valence electrons. The summed E-state index contributed by atoms with van der Waals surface area (Å²) in [5.41, 5.74) is 0. The second-order valence-corrected chi connectivity index (χ2v) is 2.75. The Labute approximate surface area is 89.1 Å². The fourth-order valence-corrected chi connectivity index (χ4v) is 0.968. The minimum Gasteiger partial charge on any atom is -0.395 e. The molecule has 0 heterocycles. The average Bonchev–Trinajstić information content (AvgIpc) is 2.26. The number of hydrogen-bond acceptors (Lipinski definition) is 3. The molecule has 0 atom stereocenters. The smallest absolute Gasteiger partial charge is 0.246 e. The van der Waals surface area contributed by atoms with Crippen molar-refractivity contribution in [2.24, 2.45) is 0 Å². The summed E-state index contributed by atoms with van der Waals surface area (Å²) in [5.74, 6) is -0.554. The van der Waals surface area contributed by atoms with Gasteiger partial charge in [0.1, 0.15) is 0 Å². The molecule has 0 saturated heterocycles. The number of carbonyl (C=O) groups excluding carboxylic acids is 2. The third-order valence-corrected chi connectivity index (χ3v) is 1.72. The molecular formula is C10H16N2O3. The second kappa shape index (κ2) is 7.75. The van der Waals surface area contributed by atoms with Crippen LogP contribution in [0.4, 0.5) is 0 Å². The summed E-state index contributed by atoms with van der Waals surface area (Å²) in [6.45, 7) is 7.42. The third-order valence-electron chi connectivity index (χ3n) is 1.72. The van der Waals surface area contributed by atoms with Gasteiger partial charge in [-0.2, -0.15) is 0 Å². The van der Waals surface area contributed by atoms with Crippen LogP contribution < -0.4 is 5.32 Å². The van der Waals surface area contributed by atoms with Crippen molar-refractivity contribution < 1.29 is 14.7 Å². The molecule has 0 aromatic rings. The lowest BCUT2D eigenvalue weighted by atomic mass is 10.4. The average molecular weight is 212 g/mol. The Morgan fingerprint density at radius 1 is 1.27 bits per heavy atom. The van der Waals surface area contributed by atoms with Crippen molar-refractivity contribution >= 4 is 11.8 Å². The molecule has 2 amide bonds. The number of carbonyl (C=O) groups is 2. The zero-order chi connectivity index (χ0) is 11.7. The summed E-state index contributed by atoms with van der Waals surface area (Å²) < 4.78 is 0. The lowest BCUT2D eigenvalue weighted by molar-refractivity contribution is -0.127. The van der Waals surface area contributed by atoms with Crippen LogP contribution >= 0.6 is 0 Å². The Balaban J connectivity index is 3.95. The molecular weight excluding hydrogens is 196 g/mol. The Hall–Kier alpha value is -1.62. The van der Waals surface area contributed by atoms with E-state index in [1.807, 2.05) is 0 Å². The number of amides is 2. The SMILES string of the molecule is C=CC(=O)NCCN(CCO)C(=O)C=C. The number of aliphatic hydroxyl groups is 1. The molecule has 0 aliphatic heterocycles. The molecule has 5 heteroatoms. The topological polar surface area (TPSA) is 69.6 Å². The van der Waals surface area contributed by atoms with Crippen LogP contribution in [-0.4, -0.2) is 48.1 Å². The predicted octanol–water partition coefficient (Wildman–Crippen LogP) is -0.704. The van der Waals surface area contributed by atoms with Gasteiger partial charge in [-0.25, -0.2) is 0 Å². The highest BCUT2D eigenvalue weighted by molar-refractivity contribution is 5.87. The van der Waals surface area contributed by atoms with E-state index in [2.05, 4.69) is 18.5 Å². The third kappa shape index (κ3) is 5.64. The molecule has 0 bridgehead atoms. The van der Waals surface area contributed by atoms with Crippen molar-refractivity contribution in [1.82, 2.24) is 10.2 Å². The van der Waals surface area contributed by atoms with Crippen LogP contribution in [0.5, 0.6) is 0 Å². The number of nitrogens with one attached hydrogen (secondary N) is 1. The van der Waals surface area contributed by atoms with Crippen LogP contribution in [0.3, 0.4) is 0 Å². The van der Waals surface area contributed by atoms with Crippen LogP contribution in [0.2, 0.25) is 0 Å². The van der Waals surface area contributed by atoms with Crippen LogP contribution in [0, 0.1) is 0 Å². The van der Waals surface area contributed by atoms with Gasteiger partial charge in [0, 0.05) is 19.6 Å². The summed E-state index contributed by atoms with van der Waals surface area (Å²) in [6, 6.07) is 0. The van der Waals surface area contributed by atoms with Gasteiger partial charge in [-0.1, -0.05) is 13.2 Å². The van der Waals surface area contributed by atoms with E-state index in [4.69, 9.17) is 5.11 Å². The van der Waals surface area contributed by atoms with Gasteiger partial charge in [-0.05, 0) is 12.2 Å². The molecule has 0 rings (SSSR count). The van der Waals surface area contributed by atoms with E-state index >= 15 is 0 Å². The first-order chi connectivity index (χ1) is 7.15. The largest absolute Gasteiger partial charge is 0.395 e. The van der Waals surface area contributed by atoms with E-state index < -0.39 is 0 Å². The van der Waals surface area contributed by atoms with Gasteiger partial charge in [0.05, 0.1) is 6.61 Å². The molecule has 0 radical (unpaired) electrons. The Morgan fingerprint density at radius 3 is 2.40 bits per heavy atom. The van der Waals surface area contributed by atoms with E-state index in [1.54, 1.807) is 0 Å². The van der Waals surface area contributed by atoms with Gasteiger partial charge in [0.15, 0.2) is 0 Å². The minimum absolute atomic E-state index is 0.116. The van der Waals surface area contributed by atoms with E-state index in [9.17, 15) is 9.59 Å². The number of rotatable bonds is 7. The molecule has 0 unspecified atom stereocenters. The first kappa shape index (κ1) is 13.4. The van der Waals surface area contributed by atoms with Gasteiger partial charge >= 0.3 is 0 Å². The van der Waals surface area contributed by atoms with Crippen molar-refractivity contribution in [3.8, 4) is 0 Å².